The number of hydrogen-bond acceptors (Lipinski definition) is 4. The van der Waals surface area contributed by atoms with Crippen molar-refractivity contribution in [2.75, 3.05) is 37.9 Å². The second-order valence-corrected chi connectivity index (χ2v) is 4.57. The highest BCUT2D eigenvalue weighted by Crippen LogP contribution is 2.19. The van der Waals surface area contributed by atoms with E-state index in [1.807, 2.05) is 18.9 Å². The molecule has 6 heteroatoms. The number of nitrogens with two attached hydrogens (primary N) is 1. The van der Waals surface area contributed by atoms with Crippen LogP contribution in [0, 0.1) is 5.82 Å². The maximum absolute atomic E-state index is 12.9. The minimum Gasteiger partial charge on any atom is -0.397 e. The van der Waals surface area contributed by atoms with E-state index < -0.39 is 5.82 Å². The molecule has 1 aromatic rings. The van der Waals surface area contributed by atoms with Gasteiger partial charge in [0.2, 0.25) is 5.91 Å². The first-order chi connectivity index (χ1) is 9.45. The fourth-order valence-corrected chi connectivity index (χ4v) is 1.63. The largest absolute Gasteiger partial charge is 0.397 e. The van der Waals surface area contributed by atoms with Crippen LogP contribution in [-0.2, 0) is 9.53 Å². The zero-order chi connectivity index (χ0) is 15.1. The van der Waals surface area contributed by atoms with Crippen LogP contribution in [0.1, 0.15) is 13.8 Å². The first-order valence-corrected chi connectivity index (χ1v) is 6.59. The standard InChI is InChI=1S/C14H22FN3O2/c1-4-20-8-7-18(3)10(2)14(19)17-13-6-5-11(15)9-12(13)16/h5-6,9-10H,4,7-8,16H2,1-3H3,(H,17,19). The number of carbonyl (C=O) groups is 1. The van der Waals surface area contributed by atoms with Crippen LogP contribution in [0.4, 0.5) is 15.8 Å². The van der Waals surface area contributed by atoms with E-state index in [0.717, 1.165) is 0 Å². The molecular formula is C14H22FN3O2. The summed E-state index contributed by atoms with van der Waals surface area (Å²) in [6.45, 7) is 5.60. The predicted octanol–water partition coefficient (Wildman–Crippen LogP) is 1.70. The summed E-state index contributed by atoms with van der Waals surface area (Å²) in [5, 5.41) is 2.70. The number of nitrogens with one attached hydrogen (secondary N) is 1. The van der Waals surface area contributed by atoms with Gasteiger partial charge in [-0.05, 0) is 39.1 Å². The van der Waals surface area contributed by atoms with E-state index in [1.54, 1.807) is 6.92 Å². The normalized spacial score (nSPS) is 12.4. The molecule has 0 bridgehead atoms. The zero-order valence-electron chi connectivity index (χ0n) is 12.1. The highest BCUT2D eigenvalue weighted by molar-refractivity contribution is 5.97. The first kappa shape index (κ1) is 16.4. The molecule has 1 amide bonds. The van der Waals surface area contributed by atoms with Gasteiger partial charge in [0.15, 0.2) is 0 Å². The number of nitrogens with zero attached hydrogens (tertiary/aromatic N) is 1. The lowest BCUT2D eigenvalue weighted by molar-refractivity contribution is -0.120. The Bertz CT molecular complexity index is 454. The summed E-state index contributed by atoms with van der Waals surface area (Å²) in [5.41, 5.74) is 6.28. The molecule has 0 heterocycles. The number of benzene rings is 1. The van der Waals surface area contributed by atoms with Crippen molar-refractivity contribution in [1.29, 1.82) is 0 Å². The van der Waals surface area contributed by atoms with Crippen molar-refractivity contribution in [1.82, 2.24) is 4.90 Å². The highest BCUT2D eigenvalue weighted by atomic mass is 19.1. The maximum Gasteiger partial charge on any atom is 0.241 e. The summed E-state index contributed by atoms with van der Waals surface area (Å²) in [6, 6.07) is 3.56. The quantitative estimate of drug-likeness (QED) is 0.590. The molecule has 1 rings (SSSR count). The van der Waals surface area contributed by atoms with E-state index in [0.29, 0.717) is 25.4 Å². The van der Waals surface area contributed by atoms with Gasteiger partial charge in [-0.15, -0.1) is 0 Å². The SMILES string of the molecule is CCOCCN(C)C(C)C(=O)Nc1ccc(F)cc1N. The molecule has 1 aromatic carbocycles. The van der Waals surface area contributed by atoms with Gasteiger partial charge in [-0.2, -0.15) is 0 Å². The fourth-order valence-electron chi connectivity index (χ4n) is 1.63. The van der Waals surface area contributed by atoms with Crippen LogP contribution in [-0.4, -0.2) is 43.7 Å². The van der Waals surface area contributed by atoms with Gasteiger partial charge in [0, 0.05) is 13.2 Å². The van der Waals surface area contributed by atoms with Crippen molar-refractivity contribution in [2.24, 2.45) is 0 Å². The lowest BCUT2D eigenvalue weighted by atomic mass is 10.2. The number of rotatable bonds is 7. The second kappa shape index (κ2) is 7.81. The molecule has 1 atom stereocenters. The number of hydrogen-bond donors (Lipinski definition) is 2. The van der Waals surface area contributed by atoms with E-state index in [9.17, 15) is 9.18 Å². The van der Waals surface area contributed by atoms with Crippen LogP contribution in [0.5, 0.6) is 0 Å². The Morgan fingerprint density at radius 3 is 2.85 bits per heavy atom. The summed E-state index contributed by atoms with van der Waals surface area (Å²) in [6.07, 6.45) is 0. The molecule has 5 nitrogen and oxygen atoms in total. The van der Waals surface area contributed by atoms with Gasteiger partial charge in [-0.25, -0.2) is 4.39 Å². The molecule has 0 radical (unpaired) electrons. The average Bonchev–Trinajstić information content (AvgIpc) is 2.41. The van der Waals surface area contributed by atoms with Crippen LogP contribution < -0.4 is 11.1 Å². The lowest BCUT2D eigenvalue weighted by Crippen LogP contribution is -2.41. The molecular weight excluding hydrogens is 261 g/mol. The molecule has 0 aliphatic rings. The highest BCUT2D eigenvalue weighted by Gasteiger charge is 2.18. The van der Waals surface area contributed by atoms with E-state index in [1.165, 1.54) is 18.2 Å². The number of halogens is 1. The van der Waals surface area contributed by atoms with Crippen molar-refractivity contribution < 1.29 is 13.9 Å². The van der Waals surface area contributed by atoms with E-state index in [4.69, 9.17) is 10.5 Å². The van der Waals surface area contributed by atoms with Crippen molar-refractivity contribution in [3.8, 4) is 0 Å². The molecule has 0 saturated carbocycles. The van der Waals surface area contributed by atoms with Crippen molar-refractivity contribution in [3.63, 3.8) is 0 Å². The summed E-state index contributed by atoms with van der Waals surface area (Å²) in [5.74, 6) is -0.621. The van der Waals surface area contributed by atoms with E-state index >= 15 is 0 Å². The van der Waals surface area contributed by atoms with Gasteiger partial charge in [-0.3, -0.25) is 9.69 Å². The molecule has 0 aromatic heterocycles. The van der Waals surface area contributed by atoms with Crippen LogP contribution in [0.25, 0.3) is 0 Å². The molecule has 1 unspecified atom stereocenters. The Kier molecular flexibility index (Phi) is 6.41. The van der Waals surface area contributed by atoms with Crippen LogP contribution in [0.3, 0.4) is 0 Å². The third-order valence-corrected chi connectivity index (χ3v) is 3.10. The van der Waals surface area contributed by atoms with Crippen molar-refractivity contribution in [2.45, 2.75) is 19.9 Å². The first-order valence-electron chi connectivity index (χ1n) is 6.59. The average molecular weight is 283 g/mol. The molecule has 0 spiro atoms. The molecule has 0 aliphatic heterocycles. The monoisotopic (exact) mass is 283 g/mol. The number of carbonyl (C=O) groups excluding carboxylic acids is 1. The topological polar surface area (TPSA) is 67.6 Å². The zero-order valence-corrected chi connectivity index (χ0v) is 12.1. The van der Waals surface area contributed by atoms with Crippen molar-refractivity contribution in [3.05, 3.63) is 24.0 Å². The number of likely N-dealkylation sites (N-methyl/N-ethyl adjacent to an activating group) is 1. The Morgan fingerprint density at radius 2 is 2.25 bits per heavy atom. The van der Waals surface area contributed by atoms with Gasteiger partial charge < -0.3 is 15.8 Å². The fraction of sp³-hybridized carbons (Fsp3) is 0.500. The van der Waals surface area contributed by atoms with Gasteiger partial charge in [0.25, 0.3) is 0 Å². The lowest BCUT2D eigenvalue weighted by Gasteiger charge is -2.23. The summed E-state index contributed by atoms with van der Waals surface area (Å²) in [7, 11) is 1.84. The summed E-state index contributed by atoms with van der Waals surface area (Å²) < 4.78 is 18.2. The maximum atomic E-state index is 12.9. The summed E-state index contributed by atoms with van der Waals surface area (Å²) >= 11 is 0. The van der Waals surface area contributed by atoms with Gasteiger partial charge >= 0.3 is 0 Å². The summed E-state index contributed by atoms with van der Waals surface area (Å²) in [4.78, 5) is 14.0. The molecule has 0 fully saturated rings. The molecule has 3 N–H and O–H groups in total. The smallest absolute Gasteiger partial charge is 0.241 e. The number of nitrogen functional groups attached to an aromatic ring is 1. The van der Waals surface area contributed by atoms with Crippen molar-refractivity contribution >= 4 is 17.3 Å². The van der Waals surface area contributed by atoms with E-state index in [-0.39, 0.29) is 17.6 Å². The number of ether oxygens (including phenoxy) is 1. The second-order valence-electron chi connectivity index (χ2n) is 4.57. The van der Waals surface area contributed by atoms with Gasteiger partial charge in [-0.1, -0.05) is 0 Å². The molecule has 112 valence electrons. The number of anilines is 2. The third-order valence-electron chi connectivity index (χ3n) is 3.10. The minimum atomic E-state index is -0.428. The van der Waals surface area contributed by atoms with Crippen LogP contribution in [0.2, 0.25) is 0 Å². The van der Waals surface area contributed by atoms with Crippen LogP contribution in [0.15, 0.2) is 18.2 Å². The molecule has 0 aliphatic carbocycles. The molecule has 0 saturated heterocycles. The minimum absolute atomic E-state index is 0.192. The Hall–Kier alpha value is -1.66. The third kappa shape index (κ3) is 4.79. The van der Waals surface area contributed by atoms with E-state index in [2.05, 4.69) is 5.32 Å². The van der Waals surface area contributed by atoms with Gasteiger partial charge in [0.1, 0.15) is 5.82 Å². The molecule has 20 heavy (non-hydrogen) atoms. The Labute approximate surface area is 118 Å². The predicted molar refractivity (Wildman–Crippen MR) is 78.0 cm³/mol. The number of amides is 1. The Balaban J connectivity index is 2.56. The van der Waals surface area contributed by atoms with Gasteiger partial charge in [0.05, 0.1) is 24.0 Å². The van der Waals surface area contributed by atoms with Crippen LogP contribution >= 0.6 is 0 Å². The Morgan fingerprint density at radius 1 is 1.55 bits per heavy atom.